The molecular weight excluding hydrogens is 289 g/mol. The molecule has 0 amide bonds. The van der Waals surface area contributed by atoms with Crippen LogP contribution in [-0.4, -0.2) is 29.4 Å². The Balaban J connectivity index is 3.04. The van der Waals surface area contributed by atoms with Gasteiger partial charge in [-0.1, -0.05) is 17.7 Å². The number of esters is 1. The van der Waals surface area contributed by atoms with Gasteiger partial charge in [-0.2, -0.15) is 13.2 Å². The van der Waals surface area contributed by atoms with Crippen LogP contribution < -0.4 is 0 Å². The zero-order valence-corrected chi connectivity index (χ0v) is 10.4. The first-order valence-corrected chi connectivity index (χ1v) is 5.37. The summed E-state index contributed by atoms with van der Waals surface area (Å²) in [5, 5.41) is 18.3. The highest BCUT2D eigenvalue weighted by molar-refractivity contribution is 6.31. The van der Waals surface area contributed by atoms with E-state index in [9.17, 15) is 28.2 Å². The molecule has 0 saturated heterocycles. The molecule has 0 aliphatic carbocycles. The maximum atomic E-state index is 12.5. The predicted molar refractivity (Wildman–Crippen MR) is 59.4 cm³/mol. The van der Waals surface area contributed by atoms with Crippen LogP contribution in [0.4, 0.5) is 13.2 Å². The summed E-state index contributed by atoms with van der Waals surface area (Å²) in [5.41, 5.74) is -1.20. The lowest BCUT2D eigenvalue weighted by Gasteiger charge is -2.17. The first-order valence-electron chi connectivity index (χ1n) is 4.99. The summed E-state index contributed by atoms with van der Waals surface area (Å²) in [6.45, 7) is 0. The van der Waals surface area contributed by atoms with Crippen molar-refractivity contribution < 1.29 is 32.9 Å². The molecule has 0 heterocycles. The Hall–Kier alpha value is -1.31. The molecule has 0 bridgehead atoms. The molecule has 0 aliphatic rings. The van der Waals surface area contributed by atoms with Gasteiger partial charge in [-0.05, 0) is 17.7 Å². The largest absolute Gasteiger partial charge is 0.467 e. The monoisotopic (exact) mass is 298 g/mol. The van der Waals surface area contributed by atoms with Crippen LogP contribution in [0.5, 0.6) is 0 Å². The Morgan fingerprint density at radius 1 is 1.37 bits per heavy atom. The Labute approximate surface area is 111 Å². The van der Waals surface area contributed by atoms with Crippen molar-refractivity contribution in [3.8, 4) is 0 Å². The molecule has 0 saturated carbocycles. The molecule has 1 aromatic carbocycles. The van der Waals surface area contributed by atoms with Gasteiger partial charge in [-0.15, -0.1) is 0 Å². The molecule has 8 heteroatoms. The minimum absolute atomic E-state index is 0.129. The summed E-state index contributed by atoms with van der Waals surface area (Å²) in [6.07, 6.45) is -8.26. The van der Waals surface area contributed by atoms with Gasteiger partial charge in [0, 0.05) is 0 Å². The van der Waals surface area contributed by atoms with Gasteiger partial charge < -0.3 is 14.9 Å². The van der Waals surface area contributed by atoms with Gasteiger partial charge >= 0.3 is 12.1 Å². The fourth-order valence-corrected chi connectivity index (χ4v) is 1.67. The highest BCUT2D eigenvalue weighted by Gasteiger charge is 2.34. The Bertz CT molecular complexity index is 475. The highest BCUT2D eigenvalue weighted by Crippen LogP contribution is 2.36. The fraction of sp³-hybridized carbons (Fsp3) is 0.364. The summed E-state index contributed by atoms with van der Waals surface area (Å²) in [6, 6.07) is 2.41. The SMILES string of the molecule is COC(=O)C(O)C(O)c1ccc(C(F)(F)F)c(Cl)c1. The quantitative estimate of drug-likeness (QED) is 0.837. The third-order valence-corrected chi connectivity index (χ3v) is 2.69. The smallest absolute Gasteiger partial charge is 0.417 e. The number of halogens is 4. The number of alkyl halides is 3. The first-order chi connectivity index (χ1) is 8.68. The van der Waals surface area contributed by atoms with Crippen molar-refractivity contribution in [3.63, 3.8) is 0 Å². The molecule has 0 radical (unpaired) electrons. The molecule has 1 rings (SSSR count). The minimum atomic E-state index is -4.62. The van der Waals surface area contributed by atoms with Crippen molar-refractivity contribution in [1.82, 2.24) is 0 Å². The van der Waals surface area contributed by atoms with Crippen molar-refractivity contribution in [2.75, 3.05) is 7.11 Å². The lowest BCUT2D eigenvalue weighted by atomic mass is 10.0. The molecule has 2 atom stereocenters. The van der Waals surface area contributed by atoms with E-state index in [1.54, 1.807) is 0 Å². The second-order valence-corrected chi connectivity index (χ2v) is 4.06. The van der Waals surface area contributed by atoms with Crippen LogP contribution in [0, 0.1) is 0 Å². The number of hydrogen-bond donors (Lipinski definition) is 2. The van der Waals surface area contributed by atoms with E-state index >= 15 is 0 Å². The van der Waals surface area contributed by atoms with Gasteiger partial charge in [-0.3, -0.25) is 0 Å². The topological polar surface area (TPSA) is 66.8 Å². The van der Waals surface area contributed by atoms with Crippen molar-refractivity contribution in [3.05, 3.63) is 34.3 Å². The summed E-state index contributed by atoms with van der Waals surface area (Å²) in [7, 11) is 0.998. The van der Waals surface area contributed by atoms with E-state index in [0.29, 0.717) is 6.07 Å². The van der Waals surface area contributed by atoms with Gasteiger partial charge in [0.05, 0.1) is 17.7 Å². The van der Waals surface area contributed by atoms with Crippen LogP contribution in [-0.2, 0) is 15.7 Å². The molecule has 0 aromatic heterocycles. The van der Waals surface area contributed by atoms with E-state index in [1.165, 1.54) is 0 Å². The molecule has 1 aromatic rings. The van der Waals surface area contributed by atoms with E-state index in [4.69, 9.17) is 11.6 Å². The summed E-state index contributed by atoms with van der Waals surface area (Å²) in [5.74, 6) is -1.11. The number of carbonyl (C=O) groups is 1. The summed E-state index contributed by atoms with van der Waals surface area (Å²) < 4.78 is 41.6. The second-order valence-electron chi connectivity index (χ2n) is 3.65. The normalized spacial score (nSPS) is 14.9. The maximum absolute atomic E-state index is 12.5. The van der Waals surface area contributed by atoms with Gasteiger partial charge in [0.1, 0.15) is 6.10 Å². The molecule has 0 spiro atoms. The van der Waals surface area contributed by atoms with Crippen LogP contribution in [0.2, 0.25) is 5.02 Å². The van der Waals surface area contributed by atoms with Crippen molar-refractivity contribution in [1.29, 1.82) is 0 Å². The number of hydrogen-bond acceptors (Lipinski definition) is 4. The zero-order chi connectivity index (χ0) is 14.8. The van der Waals surface area contributed by atoms with Crippen molar-refractivity contribution >= 4 is 17.6 Å². The molecule has 0 fully saturated rings. The first kappa shape index (κ1) is 15.7. The number of aliphatic hydroxyl groups excluding tert-OH is 2. The van der Waals surface area contributed by atoms with E-state index < -0.39 is 34.9 Å². The van der Waals surface area contributed by atoms with Crippen LogP contribution >= 0.6 is 11.6 Å². The molecule has 106 valence electrons. The number of methoxy groups -OCH3 is 1. The molecule has 19 heavy (non-hydrogen) atoms. The van der Waals surface area contributed by atoms with E-state index in [0.717, 1.165) is 19.2 Å². The summed E-state index contributed by atoms with van der Waals surface area (Å²) >= 11 is 5.45. The molecule has 4 nitrogen and oxygen atoms in total. The summed E-state index contributed by atoms with van der Waals surface area (Å²) in [4.78, 5) is 11.0. The van der Waals surface area contributed by atoms with Crippen molar-refractivity contribution in [2.45, 2.75) is 18.4 Å². The van der Waals surface area contributed by atoms with Gasteiger partial charge in [0.15, 0.2) is 6.10 Å². The lowest BCUT2D eigenvalue weighted by molar-refractivity contribution is -0.156. The molecule has 0 aliphatic heterocycles. The Kier molecular flexibility index (Phi) is 4.78. The Morgan fingerprint density at radius 2 is 1.95 bits per heavy atom. The van der Waals surface area contributed by atoms with Gasteiger partial charge in [0.2, 0.25) is 0 Å². The maximum Gasteiger partial charge on any atom is 0.417 e. The van der Waals surface area contributed by atoms with Crippen LogP contribution in [0.3, 0.4) is 0 Å². The minimum Gasteiger partial charge on any atom is -0.467 e. The van der Waals surface area contributed by atoms with Gasteiger partial charge in [-0.25, -0.2) is 4.79 Å². The molecular formula is C11H10ClF3O4. The number of benzene rings is 1. The molecule has 2 unspecified atom stereocenters. The second kappa shape index (κ2) is 5.77. The fourth-order valence-electron chi connectivity index (χ4n) is 1.38. The number of rotatable bonds is 3. The van der Waals surface area contributed by atoms with Crippen LogP contribution in [0.1, 0.15) is 17.2 Å². The zero-order valence-electron chi connectivity index (χ0n) is 9.61. The van der Waals surface area contributed by atoms with Crippen LogP contribution in [0.15, 0.2) is 18.2 Å². The average molecular weight is 299 g/mol. The van der Waals surface area contributed by atoms with Crippen LogP contribution in [0.25, 0.3) is 0 Å². The number of aliphatic hydroxyl groups is 2. The average Bonchev–Trinajstić information content (AvgIpc) is 2.34. The third-order valence-electron chi connectivity index (χ3n) is 2.38. The third kappa shape index (κ3) is 3.59. The molecule has 2 N–H and O–H groups in total. The number of carbonyl (C=O) groups excluding carboxylic acids is 1. The predicted octanol–water partition coefficient (Wildman–Crippen LogP) is 1.93. The van der Waals surface area contributed by atoms with E-state index in [2.05, 4.69) is 4.74 Å². The van der Waals surface area contributed by atoms with E-state index in [1.807, 2.05) is 0 Å². The van der Waals surface area contributed by atoms with Gasteiger partial charge in [0.25, 0.3) is 0 Å². The Morgan fingerprint density at radius 3 is 2.37 bits per heavy atom. The standard InChI is InChI=1S/C11H10ClF3O4/c1-19-10(18)9(17)8(16)5-2-3-6(7(12)4-5)11(13,14)15/h2-4,8-9,16-17H,1H3. The lowest BCUT2D eigenvalue weighted by Crippen LogP contribution is -2.29. The number of ether oxygens (including phenoxy) is 1. The van der Waals surface area contributed by atoms with E-state index in [-0.39, 0.29) is 5.56 Å². The van der Waals surface area contributed by atoms with Crippen molar-refractivity contribution in [2.24, 2.45) is 0 Å². The highest BCUT2D eigenvalue weighted by atomic mass is 35.5.